The van der Waals surface area contributed by atoms with Gasteiger partial charge < -0.3 is 14.6 Å². The molecule has 0 radical (unpaired) electrons. The summed E-state index contributed by atoms with van der Waals surface area (Å²) < 4.78 is 11.4. The molecule has 2 heterocycles. The molecule has 0 saturated carbocycles. The summed E-state index contributed by atoms with van der Waals surface area (Å²) in [4.78, 5) is 4.62. The molecule has 1 saturated heterocycles. The van der Waals surface area contributed by atoms with E-state index in [-0.39, 0.29) is 0 Å². The van der Waals surface area contributed by atoms with E-state index in [9.17, 15) is 0 Å². The summed E-state index contributed by atoms with van der Waals surface area (Å²) in [5.74, 6) is 2.37. The van der Waals surface area contributed by atoms with E-state index in [4.69, 9.17) is 9.26 Å². The fourth-order valence-electron chi connectivity index (χ4n) is 2.58. The first-order chi connectivity index (χ1) is 9.16. The lowest BCUT2D eigenvalue weighted by molar-refractivity contribution is -0.0583. The Morgan fingerprint density at radius 3 is 2.53 bits per heavy atom. The van der Waals surface area contributed by atoms with Crippen LogP contribution in [0.1, 0.15) is 58.2 Å². The first-order valence-electron chi connectivity index (χ1n) is 7.35. The Morgan fingerprint density at radius 2 is 2.05 bits per heavy atom. The van der Waals surface area contributed by atoms with E-state index >= 15 is 0 Å². The van der Waals surface area contributed by atoms with Gasteiger partial charge in [0.05, 0.1) is 0 Å². The van der Waals surface area contributed by atoms with Gasteiger partial charge in [0.2, 0.25) is 11.7 Å². The lowest BCUT2D eigenvalue weighted by Crippen LogP contribution is -2.44. The zero-order valence-corrected chi connectivity index (χ0v) is 12.4. The highest BCUT2D eigenvalue weighted by Gasteiger charge is 2.36. The molecule has 1 atom stereocenters. The van der Waals surface area contributed by atoms with E-state index in [2.05, 4.69) is 36.2 Å². The Hall–Kier alpha value is -0.940. The molecule has 0 aromatic carbocycles. The van der Waals surface area contributed by atoms with Gasteiger partial charge in [-0.2, -0.15) is 4.98 Å². The van der Waals surface area contributed by atoms with Crippen molar-refractivity contribution >= 4 is 0 Å². The van der Waals surface area contributed by atoms with Gasteiger partial charge in [0.1, 0.15) is 5.60 Å². The van der Waals surface area contributed by atoms with Crippen molar-refractivity contribution in [2.24, 2.45) is 5.92 Å². The highest BCUT2D eigenvalue weighted by molar-refractivity contribution is 5.05. The topological polar surface area (TPSA) is 60.2 Å². The highest BCUT2D eigenvalue weighted by Crippen LogP contribution is 2.33. The number of nitrogens with zero attached hydrogens (tertiary/aromatic N) is 2. The summed E-state index contributed by atoms with van der Waals surface area (Å²) >= 11 is 0. The zero-order chi connectivity index (χ0) is 13.9. The Balaban J connectivity index is 2.17. The Bertz CT molecular complexity index is 397. The Labute approximate surface area is 115 Å². The van der Waals surface area contributed by atoms with Gasteiger partial charge in [0, 0.05) is 12.5 Å². The summed E-state index contributed by atoms with van der Waals surface area (Å²) in [6, 6.07) is 0. The van der Waals surface area contributed by atoms with Crippen molar-refractivity contribution in [2.45, 2.75) is 52.1 Å². The van der Waals surface area contributed by atoms with Crippen LogP contribution in [0.2, 0.25) is 0 Å². The predicted molar refractivity (Wildman–Crippen MR) is 73.0 cm³/mol. The molecule has 1 fully saturated rings. The zero-order valence-electron chi connectivity index (χ0n) is 12.4. The summed E-state index contributed by atoms with van der Waals surface area (Å²) in [5.41, 5.74) is -0.395. The second-order valence-corrected chi connectivity index (χ2v) is 5.30. The van der Waals surface area contributed by atoms with E-state index in [1.54, 1.807) is 0 Å². The third kappa shape index (κ3) is 2.67. The van der Waals surface area contributed by atoms with Crippen molar-refractivity contribution in [3.8, 4) is 0 Å². The molecule has 19 heavy (non-hydrogen) atoms. The van der Waals surface area contributed by atoms with Crippen LogP contribution in [-0.2, 0) is 10.3 Å². The molecule has 108 valence electrons. The third-order valence-corrected chi connectivity index (χ3v) is 4.32. The van der Waals surface area contributed by atoms with Crippen LogP contribution < -0.4 is 5.32 Å². The number of ether oxygens (including phenoxy) is 1. The van der Waals surface area contributed by atoms with Crippen molar-refractivity contribution in [1.82, 2.24) is 15.5 Å². The average Bonchev–Trinajstić information content (AvgIpc) is 2.84. The van der Waals surface area contributed by atoms with Gasteiger partial charge in [0.15, 0.2) is 0 Å². The molecule has 0 bridgehead atoms. The molecular weight excluding hydrogens is 242 g/mol. The second kappa shape index (κ2) is 6.01. The van der Waals surface area contributed by atoms with Crippen LogP contribution in [0.4, 0.5) is 0 Å². The summed E-state index contributed by atoms with van der Waals surface area (Å²) in [6.45, 7) is 11.1. The predicted octanol–water partition coefficient (Wildman–Crippen LogP) is 2.44. The number of rotatable bonds is 7. The first-order valence-corrected chi connectivity index (χ1v) is 7.35. The van der Waals surface area contributed by atoms with Crippen LogP contribution in [0, 0.1) is 5.92 Å². The molecule has 1 aliphatic heterocycles. The first kappa shape index (κ1) is 14.5. The fourth-order valence-corrected chi connectivity index (χ4v) is 2.58. The van der Waals surface area contributed by atoms with E-state index in [1.165, 1.54) is 0 Å². The smallest absolute Gasteiger partial charge is 0.229 e. The van der Waals surface area contributed by atoms with Gasteiger partial charge in [0.25, 0.3) is 0 Å². The molecule has 1 aromatic rings. The van der Waals surface area contributed by atoms with E-state index < -0.39 is 5.60 Å². The van der Waals surface area contributed by atoms with Gasteiger partial charge in [-0.3, -0.25) is 0 Å². The normalized spacial score (nSPS) is 18.3. The molecule has 0 spiro atoms. The van der Waals surface area contributed by atoms with Crippen molar-refractivity contribution in [1.29, 1.82) is 0 Å². The number of hydrogen-bond donors (Lipinski definition) is 1. The van der Waals surface area contributed by atoms with Crippen molar-refractivity contribution in [3.63, 3.8) is 0 Å². The van der Waals surface area contributed by atoms with Crippen LogP contribution in [0.3, 0.4) is 0 Å². The second-order valence-electron chi connectivity index (χ2n) is 5.30. The maximum atomic E-state index is 5.91. The number of nitrogens with one attached hydrogen (secondary N) is 1. The van der Waals surface area contributed by atoms with Gasteiger partial charge >= 0.3 is 0 Å². The molecule has 1 N–H and O–H groups in total. The monoisotopic (exact) mass is 267 g/mol. The number of aromatic nitrogens is 2. The molecule has 5 nitrogen and oxygen atoms in total. The molecule has 1 aliphatic rings. The summed E-state index contributed by atoms with van der Waals surface area (Å²) in [5, 5.41) is 7.46. The molecule has 5 heteroatoms. The lowest BCUT2D eigenvalue weighted by atomic mass is 9.89. The van der Waals surface area contributed by atoms with Gasteiger partial charge in [-0.25, -0.2) is 0 Å². The lowest BCUT2D eigenvalue weighted by Gasteiger charge is -2.30. The molecule has 0 aliphatic carbocycles. The van der Waals surface area contributed by atoms with Crippen molar-refractivity contribution in [3.05, 3.63) is 11.7 Å². The van der Waals surface area contributed by atoms with Crippen LogP contribution in [0.5, 0.6) is 0 Å². The Kier molecular flexibility index (Phi) is 4.58. The summed E-state index contributed by atoms with van der Waals surface area (Å²) in [7, 11) is 0. The Morgan fingerprint density at radius 1 is 1.37 bits per heavy atom. The van der Waals surface area contributed by atoms with Gasteiger partial charge in [-0.15, -0.1) is 0 Å². The maximum absolute atomic E-state index is 5.91. The minimum Gasteiger partial charge on any atom is -0.367 e. The van der Waals surface area contributed by atoms with Crippen LogP contribution in [0.15, 0.2) is 4.52 Å². The quantitative estimate of drug-likeness (QED) is 0.822. The third-order valence-electron chi connectivity index (χ3n) is 4.32. The molecule has 2 rings (SSSR count). The largest absolute Gasteiger partial charge is 0.367 e. The minimum atomic E-state index is -0.395. The van der Waals surface area contributed by atoms with Crippen molar-refractivity contribution < 1.29 is 9.26 Å². The molecule has 0 amide bonds. The SMILES string of the molecule is CCOC(CC)(CC)c1noc(C(C)C2CNC2)n1. The molecule has 1 aromatic heterocycles. The van der Waals surface area contributed by atoms with Crippen LogP contribution in [0.25, 0.3) is 0 Å². The van der Waals surface area contributed by atoms with E-state index in [0.29, 0.717) is 24.3 Å². The standard InChI is InChI=1S/C14H25N3O2/c1-5-14(6-2,18-7-3)13-16-12(19-17-13)10(4)11-8-15-9-11/h10-11,15H,5-9H2,1-4H3. The minimum absolute atomic E-state index is 0.315. The molecular formula is C14H25N3O2. The van der Waals surface area contributed by atoms with E-state index in [0.717, 1.165) is 31.8 Å². The highest BCUT2D eigenvalue weighted by atomic mass is 16.5. The maximum Gasteiger partial charge on any atom is 0.229 e. The van der Waals surface area contributed by atoms with Gasteiger partial charge in [-0.1, -0.05) is 25.9 Å². The van der Waals surface area contributed by atoms with Gasteiger partial charge in [-0.05, 0) is 38.8 Å². The number of hydrogen-bond acceptors (Lipinski definition) is 5. The average molecular weight is 267 g/mol. The van der Waals surface area contributed by atoms with Crippen LogP contribution >= 0.6 is 0 Å². The van der Waals surface area contributed by atoms with Crippen molar-refractivity contribution in [2.75, 3.05) is 19.7 Å². The fraction of sp³-hybridized carbons (Fsp3) is 0.857. The van der Waals surface area contributed by atoms with E-state index in [1.807, 2.05) is 6.92 Å². The van der Waals surface area contributed by atoms with Crippen LogP contribution in [-0.4, -0.2) is 29.8 Å². The molecule has 1 unspecified atom stereocenters. The summed E-state index contributed by atoms with van der Waals surface area (Å²) in [6.07, 6.45) is 1.71.